The summed E-state index contributed by atoms with van der Waals surface area (Å²) in [5.74, 6) is 1.82. The van der Waals surface area contributed by atoms with Crippen LogP contribution in [0.15, 0.2) is 77.7 Å². The molecule has 1 amide bonds. The summed E-state index contributed by atoms with van der Waals surface area (Å²) in [5, 5.41) is 6.47. The lowest BCUT2D eigenvalue weighted by Gasteiger charge is -2.11. The summed E-state index contributed by atoms with van der Waals surface area (Å²) in [6, 6.07) is 20.6. The average Bonchev–Trinajstić information content (AvgIpc) is 2.78. The summed E-state index contributed by atoms with van der Waals surface area (Å²) >= 11 is 6.34. The third-order valence-electron chi connectivity index (χ3n) is 4.34. The van der Waals surface area contributed by atoms with Crippen molar-refractivity contribution in [3.8, 4) is 12.3 Å². The smallest absolute Gasteiger partial charge is 0.255 e. The molecule has 158 valence electrons. The molecule has 0 atom stereocenters. The van der Waals surface area contributed by atoms with Crippen molar-refractivity contribution in [3.05, 3.63) is 88.9 Å². The summed E-state index contributed by atoms with van der Waals surface area (Å²) in [5.41, 5.74) is 2.69. The highest BCUT2D eigenvalue weighted by molar-refractivity contribution is 7.89. The van der Waals surface area contributed by atoms with Crippen molar-refractivity contribution < 1.29 is 13.2 Å². The van der Waals surface area contributed by atoms with Gasteiger partial charge in [-0.05, 0) is 48.0 Å². The molecule has 0 saturated heterocycles. The van der Waals surface area contributed by atoms with Gasteiger partial charge in [0.25, 0.3) is 5.91 Å². The summed E-state index contributed by atoms with van der Waals surface area (Å²) in [4.78, 5) is 12.5. The molecule has 0 spiro atoms. The molecule has 0 aliphatic rings. The van der Waals surface area contributed by atoms with Crippen molar-refractivity contribution in [2.45, 2.75) is 11.4 Å². The minimum Gasteiger partial charge on any atom is -0.380 e. The van der Waals surface area contributed by atoms with E-state index in [-0.39, 0.29) is 17.3 Å². The van der Waals surface area contributed by atoms with Crippen LogP contribution in [0.3, 0.4) is 0 Å². The minimum absolute atomic E-state index is 0.0242. The van der Waals surface area contributed by atoms with Crippen molar-refractivity contribution in [2.75, 3.05) is 17.2 Å². The Morgan fingerprint density at radius 3 is 2.35 bits per heavy atom. The number of benzene rings is 3. The number of halogens is 1. The predicted octanol–water partition coefficient (Wildman–Crippen LogP) is 4.12. The number of rotatable bonds is 8. The average molecular weight is 454 g/mol. The molecule has 0 radical (unpaired) electrons. The molecule has 3 aromatic rings. The first kappa shape index (κ1) is 22.4. The highest BCUT2D eigenvalue weighted by Crippen LogP contribution is 2.26. The van der Waals surface area contributed by atoms with E-state index in [4.69, 9.17) is 18.0 Å². The van der Waals surface area contributed by atoms with Gasteiger partial charge in [0.05, 0.1) is 22.2 Å². The van der Waals surface area contributed by atoms with Crippen LogP contribution in [-0.2, 0) is 16.6 Å². The molecule has 3 N–H and O–H groups in total. The minimum atomic E-state index is -3.71. The zero-order valence-corrected chi connectivity index (χ0v) is 18.0. The molecule has 8 heteroatoms. The molecule has 3 rings (SSSR count). The maximum Gasteiger partial charge on any atom is 0.255 e. The number of nitrogens with one attached hydrogen (secondary N) is 3. The van der Waals surface area contributed by atoms with Gasteiger partial charge in [0.15, 0.2) is 0 Å². The standard InChI is InChI=1S/C23H20ClN3O3S/c1-2-14-26-31(29,30)20-11-8-18(9-12-20)23(28)27-19-10-13-22(21(24)15-19)25-16-17-6-4-3-5-7-17/h1,3-13,15,25-26H,14,16H2,(H,27,28). The Kier molecular flexibility index (Phi) is 7.32. The molecule has 0 bridgehead atoms. The second kappa shape index (κ2) is 10.1. The van der Waals surface area contributed by atoms with Gasteiger partial charge in [0.2, 0.25) is 10.0 Å². The number of hydrogen-bond donors (Lipinski definition) is 3. The summed E-state index contributed by atoms with van der Waals surface area (Å²) < 4.78 is 26.4. The molecule has 0 aliphatic carbocycles. The second-order valence-electron chi connectivity index (χ2n) is 6.54. The Balaban J connectivity index is 1.63. The second-order valence-corrected chi connectivity index (χ2v) is 8.72. The monoisotopic (exact) mass is 453 g/mol. The predicted molar refractivity (Wildman–Crippen MR) is 124 cm³/mol. The van der Waals surface area contributed by atoms with Crippen molar-refractivity contribution in [1.29, 1.82) is 0 Å². The first-order valence-corrected chi connectivity index (χ1v) is 11.2. The van der Waals surface area contributed by atoms with E-state index in [1.807, 2.05) is 30.3 Å². The highest BCUT2D eigenvalue weighted by atomic mass is 35.5. The largest absolute Gasteiger partial charge is 0.380 e. The zero-order chi connectivity index (χ0) is 22.3. The van der Waals surface area contributed by atoms with E-state index < -0.39 is 10.0 Å². The number of anilines is 2. The molecule has 0 fully saturated rings. The Morgan fingerprint density at radius 1 is 1.00 bits per heavy atom. The van der Waals surface area contributed by atoms with Gasteiger partial charge in [-0.15, -0.1) is 6.42 Å². The first-order valence-electron chi connectivity index (χ1n) is 9.31. The fraction of sp³-hybridized carbons (Fsp3) is 0.0870. The van der Waals surface area contributed by atoms with Gasteiger partial charge in [-0.25, -0.2) is 8.42 Å². The Bertz CT molecular complexity index is 1210. The molecule has 31 heavy (non-hydrogen) atoms. The van der Waals surface area contributed by atoms with E-state index in [1.165, 1.54) is 24.3 Å². The van der Waals surface area contributed by atoms with E-state index in [0.29, 0.717) is 22.8 Å². The number of amides is 1. The van der Waals surface area contributed by atoms with E-state index in [1.54, 1.807) is 18.2 Å². The zero-order valence-electron chi connectivity index (χ0n) is 16.4. The summed E-state index contributed by atoms with van der Waals surface area (Å²) in [6.07, 6.45) is 5.07. The van der Waals surface area contributed by atoms with Crippen LogP contribution in [0.5, 0.6) is 0 Å². The molecule has 6 nitrogen and oxygen atoms in total. The quantitative estimate of drug-likeness (QED) is 0.448. The Labute approximate surface area is 186 Å². The Morgan fingerprint density at radius 2 is 1.71 bits per heavy atom. The molecule has 0 heterocycles. The van der Waals surface area contributed by atoms with Crippen molar-refractivity contribution in [1.82, 2.24) is 4.72 Å². The maximum absolute atomic E-state index is 12.5. The van der Waals surface area contributed by atoms with Crippen LogP contribution in [0.4, 0.5) is 11.4 Å². The lowest BCUT2D eigenvalue weighted by molar-refractivity contribution is 0.102. The highest BCUT2D eigenvalue weighted by Gasteiger charge is 2.14. The van der Waals surface area contributed by atoms with Gasteiger partial charge < -0.3 is 10.6 Å². The molecule has 0 aliphatic heterocycles. The molecule has 0 saturated carbocycles. The van der Waals surface area contributed by atoms with Crippen molar-refractivity contribution in [2.24, 2.45) is 0 Å². The SMILES string of the molecule is C#CCNS(=O)(=O)c1ccc(C(=O)Nc2ccc(NCc3ccccc3)c(Cl)c2)cc1. The van der Waals surface area contributed by atoms with Gasteiger partial charge in [0.1, 0.15) is 0 Å². The number of carbonyl (C=O) groups excluding carboxylic acids is 1. The summed E-state index contributed by atoms with van der Waals surface area (Å²) in [7, 11) is -3.71. The van der Waals surface area contributed by atoms with Crippen molar-refractivity contribution >= 4 is 38.9 Å². The van der Waals surface area contributed by atoms with E-state index in [9.17, 15) is 13.2 Å². The lowest BCUT2D eigenvalue weighted by Crippen LogP contribution is -2.24. The lowest BCUT2D eigenvalue weighted by atomic mass is 10.2. The third-order valence-corrected chi connectivity index (χ3v) is 6.07. The van der Waals surface area contributed by atoms with Gasteiger partial charge in [0, 0.05) is 17.8 Å². The maximum atomic E-state index is 12.5. The van der Waals surface area contributed by atoms with Crippen molar-refractivity contribution in [3.63, 3.8) is 0 Å². The Hall–Kier alpha value is -3.31. The molecule has 0 unspecified atom stereocenters. The number of terminal acetylenes is 1. The van der Waals surface area contributed by atoms with Crippen LogP contribution in [0.25, 0.3) is 0 Å². The number of carbonyl (C=O) groups is 1. The summed E-state index contributed by atoms with van der Waals surface area (Å²) in [6.45, 7) is 0.513. The van der Waals surface area contributed by atoms with E-state index in [2.05, 4.69) is 21.3 Å². The molecular weight excluding hydrogens is 434 g/mol. The normalized spacial score (nSPS) is 10.8. The van der Waals surface area contributed by atoms with Gasteiger partial charge >= 0.3 is 0 Å². The van der Waals surface area contributed by atoms with Crippen LogP contribution in [-0.4, -0.2) is 20.9 Å². The third kappa shape index (κ3) is 6.09. The van der Waals surface area contributed by atoms with Crippen LogP contribution in [0.1, 0.15) is 15.9 Å². The molecule has 0 aromatic heterocycles. The molecule has 3 aromatic carbocycles. The number of hydrogen-bond acceptors (Lipinski definition) is 4. The van der Waals surface area contributed by atoms with Crippen LogP contribution in [0.2, 0.25) is 5.02 Å². The van der Waals surface area contributed by atoms with E-state index >= 15 is 0 Å². The van der Waals surface area contributed by atoms with Crippen LogP contribution >= 0.6 is 11.6 Å². The topological polar surface area (TPSA) is 87.3 Å². The fourth-order valence-corrected chi connectivity index (χ4v) is 3.92. The van der Waals surface area contributed by atoms with Gasteiger partial charge in [-0.3, -0.25) is 4.79 Å². The van der Waals surface area contributed by atoms with Crippen LogP contribution < -0.4 is 15.4 Å². The van der Waals surface area contributed by atoms with Gasteiger partial charge in [-0.1, -0.05) is 47.9 Å². The first-order chi connectivity index (χ1) is 14.9. The van der Waals surface area contributed by atoms with Gasteiger partial charge in [-0.2, -0.15) is 4.72 Å². The number of sulfonamides is 1. The van der Waals surface area contributed by atoms with Crippen LogP contribution in [0, 0.1) is 12.3 Å². The molecular formula is C23H20ClN3O3S. The van der Waals surface area contributed by atoms with E-state index in [0.717, 1.165) is 11.3 Å². The fourth-order valence-electron chi connectivity index (χ4n) is 2.74.